The number of H-pyrrole nitrogens is 1. The number of aromatic amines is 1. The number of nitrogens with one attached hydrogen (secondary N) is 2. The van der Waals surface area contributed by atoms with Crippen LogP contribution in [0.1, 0.15) is 0 Å². The lowest BCUT2D eigenvalue weighted by Gasteiger charge is -2.00. The monoisotopic (exact) mass is 310 g/mol. The van der Waals surface area contributed by atoms with Gasteiger partial charge in [-0.15, -0.1) is 5.10 Å². The molecule has 2 heterocycles. The quantitative estimate of drug-likeness (QED) is 0.579. The predicted molar refractivity (Wildman–Crippen MR) is 86.3 cm³/mol. The SMILES string of the molecule is Clc1ccc(Nc2n[nH]c(-c3cc4ccccc4o3)n2)cc1. The second-order valence-corrected chi connectivity index (χ2v) is 5.22. The summed E-state index contributed by atoms with van der Waals surface area (Å²) in [6, 6.07) is 17.1. The van der Waals surface area contributed by atoms with Crippen molar-refractivity contribution in [3.8, 4) is 11.6 Å². The average molecular weight is 311 g/mol. The smallest absolute Gasteiger partial charge is 0.246 e. The van der Waals surface area contributed by atoms with Gasteiger partial charge in [-0.25, -0.2) is 0 Å². The topological polar surface area (TPSA) is 66.7 Å². The second-order valence-electron chi connectivity index (χ2n) is 4.79. The predicted octanol–water partition coefficient (Wildman–Crippen LogP) is 4.61. The van der Waals surface area contributed by atoms with Crippen LogP contribution in [0.2, 0.25) is 5.02 Å². The Morgan fingerprint density at radius 1 is 1.05 bits per heavy atom. The van der Waals surface area contributed by atoms with Gasteiger partial charge in [0.2, 0.25) is 5.95 Å². The molecule has 0 saturated heterocycles. The van der Waals surface area contributed by atoms with Crippen molar-refractivity contribution < 1.29 is 4.42 Å². The first-order valence-electron chi connectivity index (χ1n) is 6.72. The van der Waals surface area contributed by atoms with E-state index in [0.717, 1.165) is 16.7 Å². The first kappa shape index (κ1) is 12.9. The fraction of sp³-hybridized carbons (Fsp3) is 0. The Balaban J connectivity index is 1.61. The molecule has 0 aliphatic carbocycles. The van der Waals surface area contributed by atoms with Crippen molar-refractivity contribution in [1.82, 2.24) is 15.2 Å². The summed E-state index contributed by atoms with van der Waals surface area (Å²) >= 11 is 5.86. The molecule has 2 aromatic heterocycles. The zero-order chi connectivity index (χ0) is 14.9. The maximum Gasteiger partial charge on any atom is 0.246 e. The highest BCUT2D eigenvalue weighted by atomic mass is 35.5. The summed E-state index contributed by atoms with van der Waals surface area (Å²) in [7, 11) is 0. The van der Waals surface area contributed by atoms with Crippen molar-refractivity contribution in [3.63, 3.8) is 0 Å². The number of furan rings is 1. The summed E-state index contributed by atoms with van der Waals surface area (Å²) in [4.78, 5) is 4.39. The van der Waals surface area contributed by atoms with E-state index in [1.165, 1.54) is 0 Å². The minimum Gasteiger partial charge on any atom is -0.453 e. The molecule has 0 saturated carbocycles. The molecule has 0 atom stereocenters. The highest BCUT2D eigenvalue weighted by molar-refractivity contribution is 6.30. The van der Waals surface area contributed by atoms with E-state index in [1.807, 2.05) is 42.5 Å². The number of halogens is 1. The third-order valence-electron chi connectivity index (χ3n) is 3.24. The van der Waals surface area contributed by atoms with Gasteiger partial charge in [-0.1, -0.05) is 29.8 Å². The number of aromatic nitrogens is 3. The summed E-state index contributed by atoms with van der Waals surface area (Å²) in [5, 5.41) is 11.8. The van der Waals surface area contributed by atoms with E-state index in [1.54, 1.807) is 12.1 Å². The summed E-state index contributed by atoms with van der Waals surface area (Å²) in [6.07, 6.45) is 0. The van der Waals surface area contributed by atoms with Crippen molar-refractivity contribution in [1.29, 1.82) is 0 Å². The molecule has 0 spiro atoms. The van der Waals surface area contributed by atoms with Gasteiger partial charge in [0.05, 0.1) is 0 Å². The Labute approximate surface area is 130 Å². The van der Waals surface area contributed by atoms with Crippen molar-refractivity contribution >= 4 is 34.2 Å². The molecule has 0 amide bonds. The van der Waals surface area contributed by atoms with E-state index in [2.05, 4.69) is 20.5 Å². The molecule has 4 aromatic rings. The molecule has 0 aliphatic rings. The highest BCUT2D eigenvalue weighted by Crippen LogP contribution is 2.26. The Kier molecular flexibility index (Phi) is 3.05. The lowest BCUT2D eigenvalue weighted by Crippen LogP contribution is -1.91. The van der Waals surface area contributed by atoms with Crippen LogP contribution in [0.3, 0.4) is 0 Å². The van der Waals surface area contributed by atoms with Crippen LogP contribution in [0.5, 0.6) is 0 Å². The molecule has 5 nitrogen and oxygen atoms in total. The molecule has 2 aromatic carbocycles. The Morgan fingerprint density at radius 2 is 1.86 bits per heavy atom. The maximum absolute atomic E-state index is 5.86. The van der Waals surface area contributed by atoms with Gasteiger partial charge in [0.1, 0.15) is 5.58 Å². The number of anilines is 2. The lowest BCUT2D eigenvalue weighted by molar-refractivity contribution is 0.625. The van der Waals surface area contributed by atoms with Crippen LogP contribution in [0.25, 0.3) is 22.6 Å². The van der Waals surface area contributed by atoms with Crippen LogP contribution < -0.4 is 5.32 Å². The minimum atomic E-state index is 0.470. The summed E-state index contributed by atoms with van der Waals surface area (Å²) in [5.74, 6) is 1.70. The minimum absolute atomic E-state index is 0.470. The van der Waals surface area contributed by atoms with Crippen molar-refractivity contribution in [2.45, 2.75) is 0 Å². The maximum atomic E-state index is 5.86. The van der Waals surface area contributed by atoms with Crippen molar-refractivity contribution in [2.24, 2.45) is 0 Å². The van der Waals surface area contributed by atoms with Gasteiger partial charge in [-0.2, -0.15) is 4.98 Å². The van der Waals surface area contributed by atoms with Crippen LogP contribution in [0.4, 0.5) is 11.6 Å². The Bertz CT molecular complexity index is 894. The van der Waals surface area contributed by atoms with Crippen molar-refractivity contribution in [3.05, 3.63) is 59.6 Å². The molecular formula is C16H11ClN4O. The number of hydrogen-bond donors (Lipinski definition) is 2. The van der Waals surface area contributed by atoms with E-state index in [9.17, 15) is 0 Å². The third kappa shape index (κ3) is 2.42. The van der Waals surface area contributed by atoms with E-state index in [-0.39, 0.29) is 0 Å². The van der Waals surface area contributed by atoms with E-state index in [0.29, 0.717) is 22.6 Å². The molecule has 2 N–H and O–H groups in total. The number of fused-ring (bicyclic) bond motifs is 1. The molecule has 0 bridgehead atoms. The van der Waals surface area contributed by atoms with Crippen LogP contribution in [-0.2, 0) is 0 Å². The fourth-order valence-electron chi connectivity index (χ4n) is 2.19. The molecule has 0 radical (unpaired) electrons. The van der Waals surface area contributed by atoms with Crippen molar-refractivity contribution in [2.75, 3.05) is 5.32 Å². The molecule has 108 valence electrons. The van der Waals surface area contributed by atoms with Gasteiger partial charge in [0.25, 0.3) is 0 Å². The van der Waals surface area contributed by atoms with Gasteiger partial charge in [0.15, 0.2) is 11.6 Å². The zero-order valence-corrected chi connectivity index (χ0v) is 12.1. The Morgan fingerprint density at radius 3 is 2.68 bits per heavy atom. The molecule has 0 fully saturated rings. The van der Waals surface area contributed by atoms with Crippen LogP contribution in [0.15, 0.2) is 59.0 Å². The molecule has 22 heavy (non-hydrogen) atoms. The highest BCUT2D eigenvalue weighted by Gasteiger charge is 2.11. The van der Waals surface area contributed by atoms with Gasteiger partial charge in [0, 0.05) is 16.1 Å². The van der Waals surface area contributed by atoms with Crippen LogP contribution >= 0.6 is 11.6 Å². The van der Waals surface area contributed by atoms with E-state index >= 15 is 0 Å². The number of hydrogen-bond acceptors (Lipinski definition) is 4. The number of nitrogens with zero attached hydrogens (tertiary/aromatic N) is 2. The summed E-state index contributed by atoms with van der Waals surface area (Å²) in [6.45, 7) is 0. The number of benzene rings is 2. The summed E-state index contributed by atoms with van der Waals surface area (Å²) in [5.41, 5.74) is 1.68. The van der Waals surface area contributed by atoms with Crippen LogP contribution in [0, 0.1) is 0 Å². The van der Waals surface area contributed by atoms with E-state index in [4.69, 9.17) is 16.0 Å². The van der Waals surface area contributed by atoms with Gasteiger partial charge < -0.3 is 9.73 Å². The normalized spacial score (nSPS) is 11.0. The van der Waals surface area contributed by atoms with Crippen LogP contribution in [-0.4, -0.2) is 15.2 Å². The van der Waals surface area contributed by atoms with Gasteiger partial charge >= 0.3 is 0 Å². The second kappa shape index (κ2) is 5.20. The molecule has 6 heteroatoms. The molecule has 0 aliphatic heterocycles. The van der Waals surface area contributed by atoms with E-state index < -0.39 is 0 Å². The van der Waals surface area contributed by atoms with Gasteiger partial charge in [-0.05, 0) is 36.4 Å². The largest absolute Gasteiger partial charge is 0.453 e. The lowest BCUT2D eigenvalue weighted by atomic mass is 10.2. The number of rotatable bonds is 3. The Hall–Kier alpha value is -2.79. The average Bonchev–Trinajstić information content (AvgIpc) is 3.15. The van der Waals surface area contributed by atoms with Gasteiger partial charge in [-0.3, -0.25) is 5.10 Å². The number of para-hydroxylation sites is 1. The summed E-state index contributed by atoms with van der Waals surface area (Å²) < 4.78 is 5.75. The first-order valence-corrected chi connectivity index (χ1v) is 7.10. The molecule has 0 unspecified atom stereocenters. The standard InChI is InChI=1S/C16H11ClN4O/c17-11-5-7-12(8-6-11)18-16-19-15(20-21-16)14-9-10-3-1-2-4-13(10)22-14/h1-9H,(H2,18,19,20,21). The zero-order valence-electron chi connectivity index (χ0n) is 11.4. The first-order chi connectivity index (χ1) is 10.8. The fourth-order valence-corrected chi connectivity index (χ4v) is 2.31. The molecular weight excluding hydrogens is 300 g/mol. The third-order valence-corrected chi connectivity index (χ3v) is 3.50. The molecule has 4 rings (SSSR count).